The zero-order chi connectivity index (χ0) is 15.0. The summed E-state index contributed by atoms with van der Waals surface area (Å²) in [5, 5.41) is 20.3. The summed E-state index contributed by atoms with van der Waals surface area (Å²) < 4.78 is 1.70. The molecule has 3 N–H and O–H groups in total. The average molecular weight is 279 g/mol. The van der Waals surface area contributed by atoms with Crippen LogP contribution in [0.3, 0.4) is 0 Å². The van der Waals surface area contributed by atoms with Crippen molar-refractivity contribution in [3.63, 3.8) is 0 Å². The summed E-state index contributed by atoms with van der Waals surface area (Å²) in [7, 11) is 1.83. The number of hydrogen-bond acceptors (Lipinski definition) is 5. The summed E-state index contributed by atoms with van der Waals surface area (Å²) in [6, 6.07) is 3.92. The van der Waals surface area contributed by atoms with E-state index in [9.17, 15) is 5.26 Å². The Kier molecular flexibility index (Phi) is 2.92. The molecule has 0 aliphatic carbocycles. The fourth-order valence-corrected chi connectivity index (χ4v) is 2.36. The molecular formula is C14H13N7. The van der Waals surface area contributed by atoms with Crippen molar-refractivity contribution in [3.8, 4) is 28.6 Å². The van der Waals surface area contributed by atoms with Gasteiger partial charge in [-0.25, -0.2) is 4.98 Å². The molecular weight excluding hydrogens is 266 g/mol. The minimum absolute atomic E-state index is 0.201. The monoisotopic (exact) mass is 279 g/mol. The maximum absolute atomic E-state index is 9.37. The number of nitrogens with one attached hydrogen (secondary N) is 1. The summed E-state index contributed by atoms with van der Waals surface area (Å²) in [4.78, 5) is 4.37. The Balaban J connectivity index is 2.33. The zero-order valence-corrected chi connectivity index (χ0v) is 11.6. The highest BCUT2D eigenvalue weighted by molar-refractivity contribution is 5.82. The SMILES string of the molecule is Cc1c(-c2cnn(C)c2)nc(N)c(C#N)c1-c1ccn[nH]1. The number of nitriles is 1. The molecule has 0 spiro atoms. The number of hydrogen-bond donors (Lipinski definition) is 2. The van der Waals surface area contributed by atoms with Crippen LogP contribution < -0.4 is 5.73 Å². The number of aryl methyl sites for hydroxylation is 1. The van der Waals surface area contributed by atoms with Gasteiger partial charge in [-0.3, -0.25) is 9.78 Å². The number of aromatic nitrogens is 5. The third-order valence-corrected chi connectivity index (χ3v) is 3.33. The first-order chi connectivity index (χ1) is 10.1. The lowest BCUT2D eigenvalue weighted by molar-refractivity contribution is 0.768. The van der Waals surface area contributed by atoms with Gasteiger partial charge < -0.3 is 5.73 Å². The molecule has 7 nitrogen and oxygen atoms in total. The van der Waals surface area contributed by atoms with Crippen LogP contribution in [0.15, 0.2) is 24.7 Å². The van der Waals surface area contributed by atoms with Gasteiger partial charge in [0.05, 0.1) is 17.6 Å². The van der Waals surface area contributed by atoms with Gasteiger partial charge in [0.25, 0.3) is 0 Å². The molecule has 0 aliphatic heterocycles. The number of pyridine rings is 1. The molecule has 0 aliphatic rings. The molecule has 7 heteroatoms. The van der Waals surface area contributed by atoms with E-state index in [-0.39, 0.29) is 5.82 Å². The third kappa shape index (κ3) is 2.03. The van der Waals surface area contributed by atoms with Crippen molar-refractivity contribution in [2.45, 2.75) is 6.92 Å². The predicted octanol–water partition coefficient (Wildman–Crippen LogP) is 1.63. The van der Waals surface area contributed by atoms with E-state index in [1.807, 2.05) is 20.2 Å². The van der Waals surface area contributed by atoms with Gasteiger partial charge in [0, 0.05) is 30.6 Å². The Morgan fingerprint density at radius 3 is 2.81 bits per heavy atom. The quantitative estimate of drug-likeness (QED) is 0.741. The molecule has 0 amide bonds. The van der Waals surface area contributed by atoms with Crippen molar-refractivity contribution in [1.82, 2.24) is 25.0 Å². The van der Waals surface area contributed by atoms with E-state index >= 15 is 0 Å². The molecule has 0 radical (unpaired) electrons. The largest absolute Gasteiger partial charge is 0.383 e. The van der Waals surface area contributed by atoms with Crippen molar-refractivity contribution in [1.29, 1.82) is 5.26 Å². The van der Waals surface area contributed by atoms with Crippen molar-refractivity contribution >= 4 is 5.82 Å². The van der Waals surface area contributed by atoms with E-state index in [2.05, 4.69) is 26.3 Å². The van der Waals surface area contributed by atoms with Crippen LogP contribution in [0, 0.1) is 18.3 Å². The minimum Gasteiger partial charge on any atom is -0.383 e. The Morgan fingerprint density at radius 2 is 2.24 bits per heavy atom. The minimum atomic E-state index is 0.201. The molecule has 0 fully saturated rings. The normalized spacial score (nSPS) is 10.5. The first-order valence-corrected chi connectivity index (χ1v) is 6.30. The standard InChI is InChI=1S/C14H13N7/c1-8-12(11-3-4-17-20-11)10(5-15)14(16)19-13(8)9-6-18-21(2)7-9/h3-4,6-7H,1-2H3,(H2,16,19)(H,17,20). The van der Waals surface area contributed by atoms with Crippen molar-refractivity contribution in [3.05, 3.63) is 35.8 Å². The lowest BCUT2D eigenvalue weighted by Crippen LogP contribution is -2.03. The number of nitrogen functional groups attached to an aromatic ring is 1. The summed E-state index contributed by atoms with van der Waals surface area (Å²) in [6.07, 6.45) is 5.21. The molecule has 0 bridgehead atoms. The van der Waals surface area contributed by atoms with Crippen LogP contribution in [0.25, 0.3) is 22.5 Å². The zero-order valence-electron chi connectivity index (χ0n) is 11.6. The van der Waals surface area contributed by atoms with E-state index in [1.54, 1.807) is 23.1 Å². The summed E-state index contributed by atoms with van der Waals surface area (Å²) in [5.41, 5.74) is 10.2. The number of rotatable bonds is 2. The fourth-order valence-electron chi connectivity index (χ4n) is 2.36. The van der Waals surface area contributed by atoms with Crippen LogP contribution in [-0.4, -0.2) is 25.0 Å². The molecule has 21 heavy (non-hydrogen) atoms. The number of anilines is 1. The molecule has 0 atom stereocenters. The highest BCUT2D eigenvalue weighted by Crippen LogP contribution is 2.34. The summed E-state index contributed by atoms with van der Waals surface area (Å²) >= 11 is 0. The highest BCUT2D eigenvalue weighted by atomic mass is 15.2. The first-order valence-electron chi connectivity index (χ1n) is 6.30. The van der Waals surface area contributed by atoms with Gasteiger partial charge in [-0.05, 0) is 18.6 Å². The average Bonchev–Trinajstić information content (AvgIpc) is 3.11. The van der Waals surface area contributed by atoms with Crippen LogP contribution in [0.2, 0.25) is 0 Å². The first kappa shape index (κ1) is 12.9. The topological polar surface area (TPSA) is 109 Å². The predicted molar refractivity (Wildman–Crippen MR) is 77.9 cm³/mol. The Bertz CT molecular complexity index is 837. The van der Waals surface area contributed by atoms with Gasteiger partial charge in [0.2, 0.25) is 0 Å². The molecule has 3 rings (SSSR count). The van der Waals surface area contributed by atoms with Crippen LogP contribution in [-0.2, 0) is 7.05 Å². The van der Waals surface area contributed by atoms with Crippen LogP contribution in [0.4, 0.5) is 5.82 Å². The molecule has 0 aromatic carbocycles. The highest BCUT2D eigenvalue weighted by Gasteiger charge is 2.19. The molecule has 3 heterocycles. The number of nitrogens with zero attached hydrogens (tertiary/aromatic N) is 5. The van der Waals surface area contributed by atoms with Crippen molar-refractivity contribution in [2.24, 2.45) is 7.05 Å². The van der Waals surface area contributed by atoms with Gasteiger partial charge in [-0.1, -0.05) is 0 Å². The van der Waals surface area contributed by atoms with E-state index in [0.29, 0.717) is 11.3 Å². The molecule has 104 valence electrons. The van der Waals surface area contributed by atoms with Crippen molar-refractivity contribution in [2.75, 3.05) is 5.73 Å². The molecule has 0 unspecified atom stereocenters. The maximum atomic E-state index is 9.37. The second kappa shape index (κ2) is 4.76. The van der Waals surface area contributed by atoms with Gasteiger partial charge in [-0.2, -0.15) is 15.5 Å². The molecule has 0 saturated heterocycles. The second-order valence-electron chi connectivity index (χ2n) is 4.71. The van der Waals surface area contributed by atoms with Crippen molar-refractivity contribution < 1.29 is 0 Å². The van der Waals surface area contributed by atoms with Gasteiger partial charge in [-0.15, -0.1) is 0 Å². The lowest BCUT2D eigenvalue weighted by Gasteiger charge is -2.12. The van der Waals surface area contributed by atoms with E-state index in [1.165, 1.54) is 0 Å². The molecule has 0 saturated carbocycles. The molecule has 3 aromatic rings. The second-order valence-corrected chi connectivity index (χ2v) is 4.71. The number of nitrogens with two attached hydrogens (primary N) is 1. The number of H-pyrrole nitrogens is 1. The van der Waals surface area contributed by atoms with Gasteiger partial charge in [0.1, 0.15) is 17.5 Å². The van der Waals surface area contributed by atoms with E-state index < -0.39 is 0 Å². The Hall–Kier alpha value is -3.14. The molecule has 3 aromatic heterocycles. The summed E-state index contributed by atoms with van der Waals surface area (Å²) in [6.45, 7) is 1.91. The summed E-state index contributed by atoms with van der Waals surface area (Å²) in [5.74, 6) is 0.201. The lowest BCUT2D eigenvalue weighted by atomic mass is 9.97. The number of aromatic amines is 1. The third-order valence-electron chi connectivity index (χ3n) is 3.33. The fraction of sp³-hybridized carbons (Fsp3) is 0.143. The van der Waals surface area contributed by atoms with Gasteiger partial charge in [0.15, 0.2) is 0 Å². The Morgan fingerprint density at radius 1 is 1.43 bits per heavy atom. The smallest absolute Gasteiger partial charge is 0.142 e. The van der Waals surface area contributed by atoms with E-state index in [4.69, 9.17) is 5.73 Å². The Labute approximate surface area is 121 Å². The van der Waals surface area contributed by atoms with Crippen LogP contribution in [0.1, 0.15) is 11.1 Å². The van der Waals surface area contributed by atoms with Crippen LogP contribution in [0.5, 0.6) is 0 Å². The van der Waals surface area contributed by atoms with Crippen LogP contribution >= 0.6 is 0 Å². The maximum Gasteiger partial charge on any atom is 0.142 e. The van der Waals surface area contributed by atoms with Gasteiger partial charge >= 0.3 is 0 Å². The van der Waals surface area contributed by atoms with E-state index in [0.717, 1.165) is 22.4 Å².